The molecule has 1 amide bonds. The second kappa shape index (κ2) is 10.9. The van der Waals surface area contributed by atoms with E-state index >= 15 is 0 Å². The number of carbonyl (C=O) groups is 1. The van der Waals surface area contributed by atoms with Crippen molar-refractivity contribution in [2.45, 2.75) is 51.6 Å². The highest BCUT2D eigenvalue weighted by Gasteiger charge is 2.28. The van der Waals surface area contributed by atoms with Gasteiger partial charge in [-0.25, -0.2) is 4.98 Å². The van der Waals surface area contributed by atoms with Gasteiger partial charge in [-0.3, -0.25) is 14.7 Å². The van der Waals surface area contributed by atoms with Crippen molar-refractivity contribution < 1.29 is 7.54 Å². The molecule has 0 unspecified atom stereocenters. The Bertz CT molecular complexity index is 951. The first-order valence-corrected chi connectivity index (χ1v) is 11.8. The number of hydrogen-bond donors (Lipinski definition) is 1. The van der Waals surface area contributed by atoms with Crippen LogP contribution in [0.3, 0.4) is 0 Å². The van der Waals surface area contributed by atoms with Crippen LogP contribution in [0, 0.1) is 0 Å². The summed E-state index contributed by atoms with van der Waals surface area (Å²) >= 11 is 0. The molecule has 2 fully saturated rings. The van der Waals surface area contributed by atoms with Gasteiger partial charge < -0.3 is 15.1 Å². The summed E-state index contributed by atoms with van der Waals surface area (Å²) in [5.41, 5.74) is 0.913. The van der Waals surface area contributed by atoms with Crippen molar-refractivity contribution in [2.75, 3.05) is 49.4 Å². The lowest BCUT2D eigenvalue weighted by Crippen LogP contribution is -2.48. The number of pyridine rings is 2. The zero-order chi connectivity index (χ0) is 24.1. The molecule has 32 heavy (non-hydrogen) atoms. The molecule has 1 N–H and O–H groups in total. The highest BCUT2D eigenvalue weighted by atomic mass is 16.1. The maximum Gasteiger partial charge on any atom is 0.274 e. The van der Waals surface area contributed by atoms with Crippen LogP contribution in [0.15, 0.2) is 42.7 Å². The largest absolute Gasteiger partial charge is 0.355 e. The van der Waals surface area contributed by atoms with Crippen molar-refractivity contribution >= 4 is 17.4 Å². The first-order chi connectivity index (χ1) is 16.4. The van der Waals surface area contributed by atoms with E-state index in [1.807, 2.05) is 0 Å². The Morgan fingerprint density at radius 2 is 1.94 bits per heavy atom. The van der Waals surface area contributed by atoms with Gasteiger partial charge in [0.2, 0.25) is 0 Å². The number of aromatic nitrogens is 2. The minimum absolute atomic E-state index is 0.267. The summed E-state index contributed by atoms with van der Waals surface area (Å²) in [6.07, 6.45) is 7.09. The fourth-order valence-corrected chi connectivity index (χ4v) is 4.59. The topological polar surface area (TPSA) is 64.6 Å². The van der Waals surface area contributed by atoms with Crippen LogP contribution >= 0.6 is 0 Å². The summed E-state index contributed by atoms with van der Waals surface area (Å²) in [6.45, 7) is 7.32. The maximum absolute atomic E-state index is 12.7. The molecule has 0 aromatic carbocycles. The SMILES string of the molecule is [2H]C1([2H])CCN(C2CCN([C@@H](C)CC)CC2)CCN1c1cccc(C(=O)Nc2ccncc2)n1. The van der Waals surface area contributed by atoms with Gasteiger partial charge in [0.05, 0.1) is 0 Å². The van der Waals surface area contributed by atoms with E-state index in [-0.39, 0.29) is 11.6 Å². The average molecular weight is 439 g/mol. The Labute approximate surface area is 194 Å². The second-order valence-electron chi connectivity index (χ2n) is 8.69. The van der Waals surface area contributed by atoms with E-state index < -0.39 is 6.50 Å². The summed E-state index contributed by atoms with van der Waals surface area (Å²) in [5.74, 6) is 0.180. The Balaban J connectivity index is 1.42. The zero-order valence-corrected chi connectivity index (χ0v) is 19.2. The van der Waals surface area contributed by atoms with Gasteiger partial charge in [0.1, 0.15) is 11.5 Å². The number of rotatable bonds is 6. The molecule has 1 atom stereocenters. The van der Waals surface area contributed by atoms with Crippen LogP contribution in [-0.2, 0) is 0 Å². The van der Waals surface area contributed by atoms with E-state index in [4.69, 9.17) is 2.74 Å². The van der Waals surface area contributed by atoms with Crippen molar-refractivity contribution in [1.82, 2.24) is 19.8 Å². The van der Waals surface area contributed by atoms with Crippen LogP contribution in [0.2, 0.25) is 0 Å². The summed E-state index contributed by atoms with van der Waals surface area (Å²) in [5, 5.41) is 2.82. The number of anilines is 2. The first kappa shape index (κ1) is 20.1. The van der Waals surface area contributed by atoms with Crippen LogP contribution in [0.4, 0.5) is 11.5 Å². The minimum atomic E-state index is -1.53. The predicted molar refractivity (Wildman–Crippen MR) is 129 cm³/mol. The number of likely N-dealkylation sites (tertiary alicyclic amines) is 1. The molecule has 4 heterocycles. The minimum Gasteiger partial charge on any atom is -0.355 e. The fourth-order valence-electron chi connectivity index (χ4n) is 4.59. The number of nitrogens with one attached hydrogen (secondary N) is 1. The van der Waals surface area contributed by atoms with Crippen molar-refractivity contribution in [1.29, 1.82) is 0 Å². The van der Waals surface area contributed by atoms with Gasteiger partial charge in [0, 0.05) is 59.0 Å². The molecule has 0 aliphatic carbocycles. The average Bonchev–Trinajstić information content (AvgIpc) is 3.02. The van der Waals surface area contributed by atoms with Gasteiger partial charge in [0.15, 0.2) is 0 Å². The standard InChI is InChI=1S/C25H36N6O/c1-3-20(2)29-16-10-22(11-17-29)30-14-5-15-31(19-18-30)24-7-4-6-23(28-24)25(32)27-21-8-12-26-13-9-21/h4,6-9,12-13,20,22H,3,5,10-11,14-19H2,1-2H3,(H,26,27,32)/t20-/m0/s1/i15D2. The molecule has 2 aliphatic heterocycles. The number of piperidine rings is 1. The normalized spacial score (nSPS) is 22.5. The number of nitrogens with zero attached hydrogens (tertiary/aromatic N) is 5. The van der Waals surface area contributed by atoms with Crippen LogP contribution < -0.4 is 10.2 Å². The van der Waals surface area contributed by atoms with E-state index in [1.54, 1.807) is 47.6 Å². The van der Waals surface area contributed by atoms with Crippen molar-refractivity contribution in [3.8, 4) is 0 Å². The highest BCUT2D eigenvalue weighted by Crippen LogP contribution is 2.22. The third-order valence-corrected chi connectivity index (χ3v) is 6.72. The number of hydrogen-bond acceptors (Lipinski definition) is 6. The van der Waals surface area contributed by atoms with Gasteiger partial charge in [-0.15, -0.1) is 0 Å². The molecule has 2 aromatic heterocycles. The Hall–Kier alpha value is -2.51. The zero-order valence-electron chi connectivity index (χ0n) is 21.2. The lowest BCUT2D eigenvalue weighted by molar-refractivity contribution is 0.0906. The smallest absolute Gasteiger partial charge is 0.274 e. The molecule has 2 saturated heterocycles. The van der Waals surface area contributed by atoms with Crippen LogP contribution in [0.25, 0.3) is 0 Å². The van der Waals surface area contributed by atoms with E-state index in [0.717, 1.165) is 39.0 Å². The van der Waals surface area contributed by atoms with Gasteiger partial charge >= 0.3 is 0 Å². The molecule has 0 saturated carbocycles. The molecular weight excluding hydrogens is 400 g/mol. The Morgan fingerprint density at radius 3 is 2.69 bits per heavy atom. The molecule has 172 valence electrons. The third kappa shape index (κ3) is 5.64. The lowest BCUT2D eigenvalue weighted by atomic mass is 10.0. The maximum atomic E-state index is 12.7. The van der Waals surface area contributed by atoms with E-state index in [9.17, 15) is 4.79 Å². The third-order valence-electron chi connectivity index (χ3n) is 6.72. The molecule has 0 radical (unpaired) electrons. The molecule has 2 aliphatic rings. The summed E-state index contributed by atoms with van der Waals surface area (Å²) in [4.78, 5) is 28.0. The van der Waals surface area contributed by atoms with E-state index in [2.05, 4.69) is 38.9 Å². The summed E-state index contributed by atoms with van der Waals surface area (Å²) in [6, 6.07) is 9.79. The summed E-state index contributed by atoms with van der Waals surface area (Å²) in [7, 11) is 0. The highest BCUT2D eigenvalue weighted by molar-refractivity contribution is 6.03. The molecule has 0 spiro atoms. The van der Waals surface area contributed by atoms with Gasteiger partial charge in [-0.2, -0.15) is 0 Å². The van der Waals surface area contributed by atoms with Crippen molar-refractivity contribution in [2.24, 2.45) is 0 Å². The van der Waals surface area contributed by atoms with Crippen molar-refractivity contribution in [3.63, 3.8) is 0 Å². The molecule has 0 bridgehead atoms. The molecule has 7 heteroatoms. The molecule has 7 nitrogen and oxygen atoms in total. The number of carbonyl (C=O) groups excluding carboxylic acids is 1. The van der Waals surface area contributed by atoms with E-state index in [1.165, 1.54) is 6.42 Å². The van der Waals surface area contributed by atoms with E-state index in [0.29, 0.717) is 36.6 Å². The quantitative estimate of drug-likeness (QED) is 0.745. The van der Waals surface area contributed by atoms with Crippen LogP contribution in [-0.4, -0.2) is 77.0 Å². The second-order valence-corrected chi connectivity index (χ2v) is 8.69. The fraction of sp³-hybridized carbons (Fsp3) is 0.560. The van der Waals surface area contributed by atoms with Crippen molar-refractivity contribution in [3.05, 3.63) is 48.4 Å². The molecule has 4 rings (SSSR count). The van der Waals surface area contributed by atoms with Gasteiger partial charge in [-0.1, -0.05) is 13.0 Å². The Kier molecular flexibility index (Phi) is 6.84. The van der Waals surface area contributed by atoms with Crippen LogP contribution in [0.1, 0.15) is 52.8 Å². The predicted octanol–water partition coefficient (Wildman–Crippen LogP) is 3.50. The van der Waals surface area contributed by atoms with Gasteiger partial charge in [0.25, 0.3) is 5.91 Å². The summed E-state index contributed by atoms with van der Waals surface area (Å²) < 4.78 is 17.5. The molecular formula is C25H36N6O. The van der Waals surface area contributed by atoms with Gasteiger partial charge in [-0.05, 0) is 70.0 Å². The number of amides is 1. The first-order valence-electron chi connectivity index (χ1n) is 12.8. The monoisotopic (exact) mass is 438 g/mol. The Morgan fingerprint density at radius 1 is 1.16 bits per heavy atom. The lowest BCUT2D eigenvalue weighted by Gasteiger charge is -2.40. The molecule has 2 aromatic rings. The van der Waals surface area contributed by atoms with Crippen LogP contribution in [0.5, 0.6) is 0 Å².